The van der Waals surface area contributed by atoms with Gasteiger partial charge in [0.05, 0.1) is 11.0 Å². The minimum atomic E-state index is -0.203. The van der Waals surface area contributed by atoms with Crippen LogP contribution in [-0.4, -0.2) is 49.4 Å². The minimum absolute atomic E-state index is 0. The number of rotatable bonds is 12. The van der Waals surface area contributed by atoms with Crippen LogP contribution in [0.5, 0.6) is 0 Å². The molecule has 26 rings (SSSR count). The average Bonchev–Trinajstić information content (AvgIpc) is 1.55. The van der Waals surface area contributed by atoms with Gasteiger partial charge >= 0.3 is 0 Å². The quantitative estimate of drug-likeness (QED) is 0.108. The second kappa shape index (κ2) is 35.3. The molecule has 135 heavy (non-hydrogen) atoms. The van der Waals surface area contributed by atoms with Crippen LogP contribution < -0.4 is 0 Å². The predicted octanol–water partition coefficient (Wildman–Crippen LogP) is 32.5. The summed E-state index contributed by atoms with van der Waals surface area (Å²) in [6.45, 7) is 4.57. The van der Waals surface area contributed by atoms with Crippen molar-refractivity contribution in [2.24, 2.45) is 0 Å². The molecule has 0 fully saturated rings. The van der Waals surface area contributed by atoms with Crippen molar-refractivity contribution in [2.75, 3.05) is 0 Å². The molecule has 0 atom stereocenters. The highest BCUT2D eigenvalue weighted by Crippen LogP contribution is 2.54. The molecular formula is C123H90N10O2. The smallest absolute Gasteiger partial charge is 0.238 e. The maximum atomic E-state index is 6.46. The fraction of sp³-hybridized carbons (Fsp3) is 0.0488. The van der Waals surface area contributed by atoms with Gasteiger partial charge in [-0.05, 0) is 143 Å². The number of hydrogen-bond donors (Lipinski definition) is 0. The lowest BCUT2D eigenvalue weighted by atomic mass is 9.82. The third-order valence-corrected chi connectivity index (χ3v) is 25.5. The summed E-state index contributed by atoms with van der Waals surface area (Å²) in [5.74, 6) is 5.70. The van der Waals surface area contributed by atoms with Crippen LogP contribution >= 0.6 is 0 Å². The molecule has 25 aromatic rings. The van der Waals surface area contributed by atoms with Crippen LogP contribution in [0.3, 0.4) is 0 Å². The van der Waals surface area contributed by atoms with Gasteiger partial charge in [-0.1, -0.05) is 412 Å². The number of benzene rings is 19. The van der Waals surface area contributed by atoms with Crippen molar-refractivity contribution >= 4 is 98.0 Å². The molecule has 0 saturated carbocycles. The maximum absolute atomic E-state index is 6.46. The summed E-state index contributed by atoms with van der Waals surface area (Å²) in [4.78, 5) is 44.8. The first-order chi connectivity index (χ1) is 65.1. The average molecular weight is 1740 g/mol. The van der Waals surface area contributed by atoms with E-state index in [1.807, 2.05) is 164 Å². The van der Waals surface area contributed by atoms with Gasteiger partial charge in [-0.3, -0.25) is 4.57 Å². The number of nitrogens with zero attached hydrogens (tertiary/aromatic N) is 10. The molecular weight excluding hydrogens is 1650 g/mol. The second-order valence-electron chi connectivity index (χ2n) is 33.9. The summed E-state index contributed by atoms with van der Waals surface area (Å²) in [6, 6.07) is 151. The Morgan fingerprint density at radius 2 is 0.541 bits per heavy atom. The van der Waals surface area contributed by atoms with E-state index in [1.165, 1.54) is 76.8 Å². The van der Waals surface area contributed by atoms with Crippen molar-refractivity contribution in [2.45, 2.75) is 41.5 Å². The van der Waals surface area contributed by atoms with E-state index in [4.69, 9.17) is 53.7 Å². The minimum Gasteiger partial charge on any atom is -0.456 e. The number of aromatic nitrogens is 10. The van der Waals surface area contributed by atoms with Gasteiger partial charge in [0.25, 0.3) is 0 Å². The van der Waals surface area contributed by atoms with E-state index in [0.717, 1.165) is 121 Å². The molecule has 0 bridgehead atoms. The molecule has 6 aromatic heterocycles. The van der Waals surface area contributed by atoms with Crippen LogP contribution in [0.2, 0.25) is 0 Å². The summed E-state index contributed by atoms with van der Waals surface area (Å²) in [5, 5.41) is 14.3. The van der Waals surface area contributed by atoms with E-state index in [-0.39, 0.29) is 27.7 Å². The number of hydrogen-bond acceptors (Lipinski definition) is 11. The first kappa shape index (κ1) is 84.2. The van der Waals surface area contributed by atoms with E-state index in [2.05, 4.69) is 291 Å². The zero-order valence-corrected chi connectivity index (χ0v) is 71.9. The Kier molecular flexibility index (Phi) is 22.1. The zero-order valence-electron chi connectivity index (χ0n) is 71.9. The third kappa shape index (κ3) is 15.6. The number of fused-ring (bicyclic) bond motifs is 17. The van der Waals surface area contributed by atoms with Crippen LogP contribution in [0.4, 0.5) is 0 Å². The Morgan fingerprint density at radius 3 is 1.11 bits per heavy atom. The fourth-order valence-corrected chi connectivity index (χ4v) is 18.8. The Morgan fingerprint density at radius 1 is 0.200 bits per heavy atom. The molecule has 0 unspecified atom stereocenters. The van der Waals surface area contributed by atoms with Gasteiger partial charge in [0.15, 0.2) is 46.6 Å². The van der Waals surface area contributed by atoms with Gasteiger partial charge in [-0.25, -0.2) is 34.9 Å². The molecule has 19 aromatic carbocycles. The number of furan rings is 2. The van der Waals surface area contributed by atoms with Gasteiger partial charge in [-0.15, -0.1) is 0 Å². The van der Waals surface area contributed by atoms with Crippen molar-refractivity contribution in [3.63, 3.8) is 0 Å². The number of para-hydroxylation sites is 3. The Balaban J connectivity index is 0.000000120. The molecule has 6 heterocycles. The van der Waals surface area contributed by atoms with Crippen LogP contribution in [0, 0.1) is 0 Å². The summed E-state index contributed by atoms with van der Waals surface area (Å²) in [7, 11) is 0. The standard InChI is InChI=1S/C43H28N4.C41H25N3O.C36H25N3O.3CH4/c1-3-11-29(12-4-1)36-25-26-40-38(28-36)37-17-9-10-18-39(37)47(40)43-45-41(32-14-5-2-6-15-32)44-42(46-43)33-22-19-31(20-23-33)35-24-21-30-13-7-8-16-34(30)27-35;1-2-9-28(10-3-1)39-42-40(44-41(43-39)32-21-23-36-35-12-6-7-13-37(35)45-38(36)25-32)29-17-14-26(15-18-29)30-20-22-34-31(24-30)19-16-27-8-4-5-11-33(27)34;1-36(2)28-20-19-26-25-15-9-10-16-30(25)40-32(26)31(28)27-18-17-24(21-29(27)36)35-38-33(22-11-5-3-6-12-22)37-34(39-35)23-13-7-4-8-14-23;;;/h1-28H;1-25H;3-21H,1-2H3;3*1H4. The molecule has 1 aliphatic rings. The van der Waals surface area contributed by atoms with Crippen molar-refractivity contribution in [1.82, 2.24) is 49.4 Å². The predicted molar refractivity (Wildman–Crippen MR) is 558 cm³/mol. The van der Waals surface area contributed by atoms with Crippen molar-refractivity contribution < 1.29 is 8.83 Å². The topological polar surface area (TPSA) is 147 Å². The van der Waals surface area contributed by atoms with Gasteiger partial charge in [0, 0.05) is 87.8 Å². The Labute approximate surface area is 782 Å². The highest BCUT2D eigenvalue weighted by atomic mass is 16.3. The summed E-state index contributed by atoms with van der Waals surface area (Å²) >= 11 is 0. The molecule has 0 saturated heterocycles. The first-order valence-corrected chi connectivity index (χ1v) is 44.4. The molecule has 0 radical (unpaired) electrons. The third-order valence-electron chi connectivity index (χ3n) is 25.5. The van der Waals surface area contributed by atoms with Gasteiger partial charge in [0.1, 0.15) is 22.3 Å². The van der Waals surface area contributed by atoms with Gasteiger partial charge in [-0.2, -0.15) is 9.97 Å². The summed E-state index contributed by atoms with van der Waals surface area (Å²) in [5.41, 5.74) is 24.9. The highest BCUT2D eigenvalue weighted by Gasteiger charge is 2.38. The lowest BCUT2D eigenvalue weighted by Gasteiger charge is -2.21. The molecule has 1 aliphatic carbocycles. The largest absolute Gasteiger partial charge is 0.456 e. The van der Waals surface area contributed by atoms with E-state index in [0.29, 0.717) is 52.5 Å². The van der Waals surface area contributed by atoms with E-state index in [9.17, 15) is 0 Å². The molecule has 644 valence electrons. The van der Waals surface area contributed by atoms with Gasteiger partial charge < -0.3 is 8.83 Å². The normalized spacial score (nSPS) is 11.8. The molecule has 0 N–H and O–H groups in total. The molecule has 0 amide bonds. The van der Waals surface area contributed by atoms with E-state index < -0.39 is 0 Å². The monoisotopic (exact) mass is 1740 g/mol. The molecule has 0 spiro atoms. The Hall–Kier alpha value is -17.6. The fourth-order valence-electron chi connectivity index (χ4n) is 18.8. The van der Waals surface area contributed by atoms with Crippen LogP contribution in [-0.2, 0) is 5.41 Å². The lowest BCUT2D eigenvalue weighted by Crippen LogP contribution is -2.15. The van der Waals surface area contributed by atoms with Crippen LogP contribution in [0.1, 0.15) is 47.3 Å². The zero-order chi connectivity index (χ0) is 87.7. The lowest BCUT2D eigenvalue weighted by molar-refractivity contribution is 0.653. The Bertz CT molecular complexity index is 8730. The van der Waals surface area contributed by atoms with E-state index >= 15 is 0 Å². The van der Waals surface area contributed by atoms with Crippen molar-refractivity contribution in [3.8, 4) is 142 Å². The van der Waals surface area contributed by atoms with Crippen molar-refractivity contribution in [3.05, 3.63) is 448 Å². The molecule has 0 aliphatic heterocycles. The first-order valence-electron chi connectivity index (χ1n) is 44.4. The highest BCUT2D eigenvalue weighted by molar-refractivity contribution is 6.14. The van der Waals surface area contributed by atoms with Crippen LogP contribution in [0.25, 0.3) is 240 Å². The maximum Gasteiger partial charge on any atom is 0.238 e. The molecule has 12 heteroatoms. The summed E-state index contributed by atoms with van der Waals surface area (Å²) < 4.78 is 14.8. The molecule has 12 nitrogen and oxygen atoms in total. The van der Waals surface area contributed by atoms with Crippen LogP contribution in [0.15, 0.2) is 446 Å². The van der Waals surface area contributed by atoms with Gasteiger partial charge in [0.2, 0.25) is 5.95 Å². The van der Waals surface area contributed by atoms with Crippen molar-refractivity contribution in [1.29, 1.82) is 0 Å². The summed E-state index contributed by atoms with van der Waals surface area (Å²) in [6.07, 6.45) is 0. The second-order valence-corrected chi connectivity index (χ2v) is 33.9. The SMILES string of the molecule is C.C.C.CC1(C)c2cc(-c3nc(-c4ccccc4)nc(-c4ccccc4)n3)ccc2-c2c1ccc1c2oc2ccccc21.c1ccc(-c2ccc3c(c2)c2ccccc2n3-c2nc(-c3ccccc3)nc(-c3ccc(-c4ccc5ccccc5c4)cc3)n2)cc1.c1ccc(-c2nc(-c3ccc(-c4ccc5c(ccc6ccccc65)c4)cc3)nc(-c3ccc4c(c3)oc3ccccc34)n2)cc1. The van der Waals surface area contributed by atoms with E-state index in [1.54, 1.807) is 0 Å².